The average Bonchev–Trinajstić information content (AvgIpc) is 2.42. The summed E-state index contributed by atoms with van der Waals surface area (Å²) in [6, 6.07) is 8.61. The second-order valence-corrected chi connectivity index (χ2v) is 4.08. The number of amides is 2. The molecule has 5 N–H and O–H groups in total. The molecule has 1 atom stereocenters. The van der Waals surface area contributed by atoms with Crippen LogP contribution < -0.4 is 16.4 Å². The van der Waals surface area contributed by atoms with E-state index >= 15 is 0 Å². The van der Waals surface area contributed by atoms with E-state index in [9.17, 15) is 9.59 Å². The van der Waals surface area contributed by atoms with Crippen LogP contribution in [-0.4, -0.2) is 30.2 Å². The van der Waals surface area contributed by atoms with Crippen molar-refractivity contribution < 1.29 is 14.7 Å². The Balaban J connectivity index is 2.64. The van der Waals surface area contributed by atoms with Gasteiger partial charge in [0.05, 0.1) is 6.04 Å². The van der Waals surface area contributed by atoms with Gasteiger partial charge in [0.25, 0.3) is 0 Å². The maximum Gasteiger partial charge on any atom is 0.315 e. The third kappa shape index (κ3) is 5.87. The molecule has 19 heavy (non-hydrogen) atoms. The summed E-state index contributed by atoms with van der Waals surface area (Å²) in [5, 5.41) is 14.1. The number of aliphatic carboxylic acids is 1. The standard InChI is InChI=1S/C13H19N3O3/c14-8-9-15-13(19)16-11(6-7-12(17)18)10-4-2-1-3-5-10/h1-5,11H,6-9,14H2,(H,17,18)(H2,15,16,19). The van der Waals surface area contributed by atoms with Crippen LogP contribution in [0.3, 0.4) is 0 Å². The molecule has 0 radical (unpaired) electrons. The van der Waals surface area contributed by atoms with Gasteiger partial charge in [0.15, 0.2) is 0 Å². The van der Waals surface area contributed by atoms with Crippen LogP contribution in [0.2, 0.25) is 0 Å². The molecule has 0 fully saturated rings. The van der Waals surface area contributed by atoms with Crippen LogP contribution in [0.25, 0.3) is 0 Å². The van der Waals surface area contributed by atoms with Crippen molar-refractivity contribution in [2.24, 2.45) is 5.73 Å². The molecule has 6 heteroatoms. The number of carboxylic acid groups (broad SMARTS) is 1. The Hall–Kier alpha value is -2.08. The lowest BCUT2D eigenvalue weighted by Crippen LogP contribution is -2.40. The van der Waals surface area contributed by atoms with E-state index in [0.29, 0.717) is 19.5 Å². The van der Waals surface area contributed by atoms with Crippen molar-refractivity contribution in [3.63, 3.8) is 0 Å². The first-order chi connectivity index (χ1) is 9.13. The van der Waals surface area contributed by atoms with E-state index in [0.717, 1.165) is 5.56 Å². The summed E-state index contributed by atoms with van der Waals surface area (Å²) in [5.41, 5.74) is 6.18. The van der Waals surface area contributed by atoms with E-state index in [-0.39, 0.29) is 18.5 Å². The van der Waals surface area contributed by atoms with Gasteiger partial charge in [-0.25, -0.2) is 4.79 Å². The van der Waals surface area contributed by atoms with Crippen LogP contribution in [0.4, 0.5) is 4.79 Å². The Bertz CT molecular complexity index is 409. The molecule has 0 spiro atoms. The highest BCUT2D eigenvalue weighted by molar-refractivity contribution is 5.74. The minimum absolute atomic E-state index is 0.00324. The SMILES string of the molecule is NCCNC(=O)NC(CCC(=O)O)c1ccccc1. The van der Waals surface area contributed by atoms with E-state index in [4.69, 9.17) is 10.8 Å². The van der Waals surface area contributed by atoms with Gasteiger partial charge in [-0.1, -0.05) is 30.3 Å². The number of nitrogens with two attached hydrogens (primary N) is 1. The number of carboxylic acids is 1. The van der Waals surface area contributed by atoms with Crippen molar-refractivity contribution >= 4 is 12.0 Å². The summed E-state index contributed by atoms with van der Waals surface area (Å²) in [7, 11) is 0. The van der Waals surface area contributed by atoms with E-state index in [2.05, 4.69) is 10.6 Å². The number of carbonyl (C=O) groups excluding carboxylic acids is 1. The van der Waals surface area contributed by atoms with Gasteiger partial charge < -0.3 is 21.5 Å². The van der Waals surface area contributed by atoms with Gasteiger partial charge in [-0.05, 0) is 12.0 Å². The molecule has 0 aliphatic carbocycles. The van der Waals surface area contributed by atoms with E-state index < -0.39 is 5.97 Å². The van der Waals surface area contributed by atoms with Gasteiger partial charge >= 0.3 is 12.0 Å². The van der Waals surface area contributed by atoms with Gasteiger partial charge in [-0.3, -0.25) is 4.79 Å². The normalized spacial score (nSPS) is 11.6. The van der Waals surface area contributed by atoms with Crippen LogP contribution in [0.15, 0.2) is 30.3 Å². The topological polar surface area (TPSA) is 104 Å². The fourth-order valence-corrected chi connectivity index (χ4v) is 1.67. The lowest BCUT2D eigenvalue weighted by molar-refractivity contribution is -0.137. The fraction of sp³-hybridized carbons (Fsp3) is 0.385. The molecule has 1 aromatic rings. The molecular weight excluding hydrogens is 246 g/mol. The zero-order chi connectivity index (χ0) is 14.1. The first-order valence-electron chi connectivity index (χ1n) is 6.14. The summed E-state index contributed by atoms with van der Waals surface area (Å²) < 4.78 is 0. The Labute approximate surface area is 112 Å². The summed E-state index contributed by atoms with van der Waals surface area (Å²) in [4.78, 5) is 22.3. The van der Waals surface area contributed by atoms with Crippen LogP contribution in [-0.2, 0) is 4.79 Å². The summed E-state index contributed by atoms with van der Waals surface area (Å²) in [5.74, 6) is -0.884. The Morgan fingerprint density at radius 3 is 2.53 bits per heavy atom. The molecule has 0 saturated heterocycles. The summed E-state index contributed by atoms with van der Waals surface area (Å²) in [6.07, 6.45) is 0.339. The third-order valence-corrected chi connectivity index (χ3v) is 2.58. The lowest BCUT2D eigenvalue weighted by Gasteiger charge is -2.18. The van der Waals surface area contributed by atoms with E-state index in [1.165, 1.54) is 0 Å². The number of nitrogens with one attached hydrogen (secondary N) is 2. The van der Waals surface area contributed by atoms with E-state index in [1.807, 2.05) is 30.3 Å². The zero-order valence-corrected chi connectivity index (χ0v) is 10.6. The largest absolute Gasteiger partial charge is 0.481 e. The van der Waals surface area contributed by atoms with Crippen molar-refractivity contribution in [3.05, 3.63) is 35.9 Å². The molecule has 1 rings (SSSR count). The van der Waals surface area contributed by atoms with Crippen molar-refractivity contribution in [2.45, 2.75) is 18.9 Å². The van der Waals surface area contributed by atoms with Crippen LogP contribution in [0.5, 0.6) is 0 Å². The smallest absolute Gasteiger partial charge is 0.315 e. The lowest BCUT2D eigenvalue weighted by atomic mass is 10.0. The molecule has 2 amide bonds. The number of hydrogen-bond donors (Lipinski definition) is 4. The van der Waals surface area contributed by atoms with Crippen LogP contribution in [0.1, 0.15) is 24.4 Å². The first-order valence-corrected chi connectivity index (χ1v) is 6.14. The maximum absolute atomic E-state index is 11.6. The Morgan fingerprint density at radius 1 is 1.26 bits per heavy atom. The van der Waals surface area contributed by atoms with Crippen molar-refractivity contribution in [2.75, 3.05) is 13.1 Å². The molecule has 104 valence electrons. The molecule has 0 bridgehead atoms. The molecule has 1 unspecified atom stereocenters. The van der Waals surface area contributed by atoms with Crippen molar-refractivity contribution in [1.82, 2.24) is 10.6 Å². The molecule has 0 saturated carbocycles. The van der Waals surface area contributed by atoms with Gasteiger partial charge in [0, 0.05) is 19.5 Å². The average molecular weight is 265 g/mol. The highest BCUT2D eigenvalue weighted by Gasteiger charge is 2.15. The quantitative estimate of drug-likeness (QED) is 0.586. The summed E-state index contributed by atoms with van der Waals surface area (Å²) >= 11 is 0. The number of benzene rings is 1. The second-order valence-electron chi connectivity index (χ2n) is 4.08. The van der Waals surface area contributed by atoms with Gasteiger partial charge in [0.2, 0.25) is 0 Å². The predicted octanol–water partition coefficient (Wildman–Crippen LogP) is 0.850. The second kappa shape index (κ2) is 8.10. The van der Waals surface area contributed by atoms with Gasteiger partial charge in [-0.2, -0.15) is 0 Å². The molecular formula is C13H19N3O3. The monoisotopic (exact) mass is 265 g/mol. The van der Waals surface area contributed by atoms with Crippen molar-refractivity contribution in [1.29, 1.82) is 0 Å². The zero-order valence-electron chi connectivity index (χ0n) is 10.6. The fourth-order valence-electron chi connectivity index (χ4n) is 1.67. The molecule has 0 heterocycles. The molecule has 6 nitrogen and oxygen atoms in total. The van der Waals surface area contributed by atoms with Crippen LogP contribution in [0, 0.1) is 0 Å². The highest BCUT2D eigenvalue weighted by atomic mass is 16.4. The highest BCUT2D eigenvalue weighted by Crippen LogP contribution is 2.18. The van der Waals surface area contributed by atoms with Crippen LogP contribution >= 0.6 is 0 Å². The molecule has 0 aliphatic heterocycles. The third-order valence-electron chi connectivity index (χ3n) is 2.58. The number of rotatable bonds is 7. The predicted molar refractivity (Wildman–Crippen MR) is 71.6 cm³/mol. The van der Waals surface area contributed by atoms with Gasteiger partial charge in [0.1, 0.15) is 0 Å². The molecule has 0 aliphatic rings. The Morgan fingerprint density at radius 2 is 1.95 bits per heavy atom. The number of urea groups is 1. The first kappa shape index (κ1) is 15.0. The summed E-state index contributed by atoms with van der Waals surface area (Å²) in [6.45, 7) is 0.741. The van der Waals surface area contributed by atoms with Crippen molar-refractivity contribution in [3.8, 4) is 0 Å². The minimum atomic E-state index is -0.884. The molecule has 1 aromatic carbocycles. The molecule has 0 aromatic heterocycles. The Kier molecular flexibility index (Phi) is 6.38. The van der Waals surface area contributed by atoms with Gasteiger partial charge in [-0.15, -0.1) is 0 Å². The number of hydrogen-bond acceptors (Lipinski definition) is 3. The minimum Gasteiger partial charge on any atom is -0.481 e. The number of carbonyl (C=O) groups is 2. The maximum atomic E-state index is 11.6. The van der Waals surface area contributed by atoms with E-state index in [1.54, 1.807) is 0 Å².